The summed E-state index contributed by atoms with van der Waals surface area (Å²) in [5.74, 6) is -0.00563. The fourth-order valence-electron chi connectivity index (χ4n) is 2.52. The molecule has 0 bridgehead atoms. The van der Waals surface area contributed by atoms with Crippen LogP contribution in [0.2, 0.25) is 5.02 Å². The van der Waals surface area contributed by atoms with Gasteiger partial charge in [-0.15, -0.1) is 0 Å². The molecule has 0 saturated heterocycles. The molecule has 0 aliphatic carbocycles. The van der Waals surface area contributed by atoms with Crippen molar-refractivity contribution >= 4 is 46.1 Å². The number of nitrogens with zero attached hydrogens (tertiary/aromatic N) is 3. The van der Waals surface area contributed by atoms with E-state index in [0.717, 1.165) is 5.56 Å². The fraction of sp³-hybridized carbons (Fsp3) is 0.105. The normalized spacial score (nSPS) is 10.4. The summed E-state index contributed by atoms with van der Waals surface area (Å²) in [4.78, 5) is 30.5. The first-order valence-corrected chi connectivity index (χ1v) is 8.63. The van der Waals surface area contributed by atoms with E-state index in [0.29, 0.717) is 22.0 Å². The lowest BCUT2D eigenvalue weighted by Crippen LogP contribution is -2.06. The van der Waals surface area contributed by atoms with Crippen LogP contribution in [0.5, 0.6) is 0 Å². The molecule has 0 fully saturated rings. The van der Waals surface area contributed by atoms with Crippen molar-refractivity contribution in [1.29, 1.82) is 0 Å². The van der Waals surface area contributed by atoms with Gasteiger partial charge in [0.25, 0.3) is 0 Å². The summed E-state index contributed by atoms with van der Waals surface area (Å²) in [5, 5.41) is 18.0. The van der Waals surface area contributed by atoms with Gasteiger partial charge in [0, 0.05) is 22.0 Å². The van der Waals surface area contributed by atoms with Crippen LogP contribution in [0, 0.1) is 17.0 Å². The molecule has 0 unspecified atom stereocenters. The lowest BCUT2D eigenvalue weighted by Gasteiger charge is -2.12. The SMILES string of the molecule is CC(=O)c1ccc(Nc2ncnc(Nc3cc(Cl)ccc3C)c2[N+](=O)[O-])cc1. The van der Waals surface area contributed by atoms with Gasteiger partial charge in [0.05, 0.1) is 4.92 Å². The fourth-order valence-corrected chi connectivity index (χ4v) is 2.69. The van der Waals surface area contributed by atoms with Gasteiger partial charge in [0.1, 0.15) is 6.33 Å². The van der Waals surface area contributed by atoms with E-state index < -0.39 is 4.92 Å². The van der Waals surface area contributed by atoms with Gasteiger partial charge < -0.3 is 10.6 Å². The number of benzene rings is 2. The van der Waals surface area contributed by atoms with Crippen LogP contribution in [0.4, 0.5) is 28.7 Å². The zero-order valence-corrected chi connectivity index (χ0v) is 15.8. The molecular weight excluding hydrogens is 382 g/mol. The number of aryl methyl sites for hydroxylation is 1. The van der Waals surface area contributed by atoms with Gasteiger partial charge in [0.2, 0.25) is 11.6 Å². The largest absolute Gasteiger partial charge is 0.353 e. The Morgan fingerprint density at radius 1 is 1.07 bits per heavy atom. The number of hydrogen-bond acceptors (Lipinski definition) is 7. The third-order valence-corrected chi connectivity index (χ3v) is 4.25. The first kappa shape index (κ1) is 19.2. The van der Waals surface area contributed by atoms with Gasteiger partial charge in [-0.25, -0.2) is 9.97 Å². The summed E-state index contributed by atoms with van der Waals surface area (Å²) in [5.41, 5.74) is 2.24. The van der Waals surface area contributed by atoms with Gasteiger partial charge in [0.15, 0.2) is 5.78 Å². The van der Waals surface area contributed by atoms with E-state index in [1.54, 1.807) is 42.5 Å². The van der Waals surface area contributed by atoms with Gasteiger partial charge in [-0.05, 0) is 55.8 Å². The molecule has 0 spiro atoms. The van der Waals surface area contributed by atoms with Crippen LogP contribution >= 0.6 is 11.6 Å². The molecule has 28 heavy (non-hydrogen) atoms. The van der Waals surface area contributed by atoms with Crippen LogP contribution in [-0.4, -0.2) is 20.7 Å². The number of halogens is 1. The van der Waals surface area contributed by atoms with Crippen molar-refractivity contribution in [3.8, 4) is 0 Å². The Hall–Kier alpha value is -3.52. The van der Waals surface area contributed by atoms with Crippen LogP contribution in [0.25, 0.3) is 0 Å². The topological polar surface area (TPSA) is 110 Å². The Morgan fingerprint density at radius 3 is 2.32 bits per heavy atom. The van der Waals surface area contributed by atoms with Crippen LogP contribution < -0.4 is 10.6 Å². The van der Waals surface area contributed by atoms with Gasteiger partial charge in [-0.1, -0.05) is 17.7 Å². The van der Waals surface area contributed by atoms with E-state index in [9.17, 15) is 14.9 Å². The number of aromatic nitrogens is 2. The molecule has 0 atom stereocenters. The Bertz CT molecular complexity index is 1050. The van der Waals surface area contributed by atoms with Crippen LogP contribution in [0.1, 0.15) is 22.8 Å². The summed E-state index contributed by atoms with van der Waals surface area (Å²) in [6, 6.07) is 11.8. The van der Waals surface area contributed by atoms with Crippen molar-refractivity contribution in [2.24, 2.45) is 0 Å². The summed E-state index contributed by atoms with van der Waals surface area (Å²) < 4.78 is 0. The van der Waals surface area contributed by atoms with Crippen LogP contribution in [0.3, 0.4) is 0 Å². The molecule has 3 aromatic rings. The number of nitro groups is 1. The Labute approximate surface area is 165 Å². The van der Waals surface area contributed by atoms with E-state index in [1.807, 2.05) is 6.92 Å². The summed E-state index contributed by atoms with van der Waals surface area (Å²) in [6.45, 7) is 3.31. The number of ketones is 1. The third-order valence-electron chi connectivity index (χ3n) is 4.01. The molecule has 0 aliphatic heterocycles. The quantitative estimate of drug-likeness (QED) is 0.340. The Kier molecular flexibility index (Phi) is 5.51. The lowest BCUT2D eigenvalue weighted by atomic mass is 10.1. The summed E-state index contributed by atoms with van der Waals surface area (Å²) >= 11 is 6.02. The molecule has 1 aromatic heterocycles. The number of anilines is 4. The maximum Gasteiger partial charge on any atom is 0.353 e. The predicted molar refractivity (Wildman–Crippen MR) is 108 cm³/mol. The zero-order chi connectivity index (χ0) is 20.3. The number of nitrogens with one attached hydrogen (secondary N) is 2. The van der Waals surface area contributed by atoms with Crippen LogP contribution in [0.15, 0.2) is 48.8 Å². The molecule has 0 aliphatic rings. The second-order valence-corrected chi connectivity index (χ2v) is 6.46. The van der Waals surface area contributed by atoms with E-state index >= 15 is 0 Å². The van der Waals surface area contributed by atoms with Gasteiger partial charge in [-0.2, -0.15) is 0 Å². The second-order valence-electron chi connectivity index (χ2n) is 6.02. The van der Waals surface area contributed by atoms with Crippen molar-refractivity contribution in [2.75, 3.05) is 10.6 Å². The predicted octanol–water partition coefficient (Wildman–Crippen LogP) is 5.04. The molecule has 2 N–H and O–H groups in total. The highest BCUT2D eigenvalue weighted by Gasteiger charge is 2.23. The number of rotatable bonds is 6. The van der Waals surface area contributed by atoms with E-state index in [2.05, 4.69) is 20.6 Å². The highest BCUT2D eigenvalue weighted by atomic mass is 35.5. The minimum atomic E-state index is -0.561. The average Bonchev–Trinajstić information content (AvgIpc) is 2.65. The molecular formula is C19H16ClN5O3. The molecule has 9 heteroatoms. The number of Topliss-reactive ketones (excluding diaryl/α,β-unsaturated/α-hetero) is 1. The van der Waals surface area contributed by atoms with Crippen molar-refractivity contribution in [1.82, 2.24) is 9.97 Å². The van der Waals surface area contributed by atoms with Crippen LogP contribution in [-0.2, 0) is 0 Å². The number of hydrogen-bond donors (Lipinski definition) is 2. The molecule has 0 radical (unpaired) electrons. The molecule has 1 heterocycles. The Morgan fingerprint density at radius 2 is 1.71 bits per heavy atom. The maximum absolute atomic E-state index is 11.7. The van der Waals surface area contributed by atoms with E-state index in [1.165, 1.54) is 13.3 Å². The van der Waals surface area contributed by atoms with Gasteiger partial charge in [-0.3, -0.25) is 14.9 Å². The number of carbonyl (C=O) groups excluding carboxylic acids is 1. The highest BCUT2D eigenvalue weighted by Crippen LogP contribution is 2.34. The van der Waals surface area contributed by atoms with E-state index in [-0.39, 0.29) is 23.1 Å². The summed E-state index contributed by atoms with van der Waals surface area (Å²) in [7, 11) is 0. The van der Waals surface area contributed by atoms with Crippen molar-refractivity contribution in [3.05, 3.63) is 75.1 Å². The highest BCUT2D eigenvalue weighted by molar-refractivity contribution is 6.30. The lowest BCUT2D eigenvalue weighted by molar-refractivity contribution is -0.383. The third kappa shape index (κ3) is 4.24. The second kappa shape index (κ2) is 8.01. The minimum Gasteiger partial charge on any atom is -0.334 e. The molecule has 142 valence electrons. The first-order chi connectivity index (χ1) is 13.3. The number of carbonyl (C=O) groups is 1. The minimum absolute atomic E-state index is 0.0257. The smallest absolute Gasteiger partial charge is 0.334 e. The Balaban J connectivity index is 1.96. The van der Waals surface area contributed by atoms with Gasteiger partial charge >= 0.3 is 5.69 Å². The zero-order valence-electron chi connectivity index (χ0n) is 15.1. The molecule has 2 aromatic carbocycles. The van der Waals surface area contributed by atoms with Crippen molar-refractivity contribution in [2.45, 2.75) is 13.8 Å². The molecule has 0 amide bonds. The molecule has 8 nitrogen and oxygen atoms in total. The first-order valence-electron chi connectivity index (χ1n) is 8.25. The molecule has 3 rings (SSSR count). The maximum atomic E-state index is 11.7. The average molecular weight is 398 g/mol. The monoisotopic (exact) mass is 397 g/mol. The van der Waals surface area contributed by atoms with Crippen molar-refractivity contribution < 1.29 is 9.72 Å². The van der Waals surface area contributed by atoms with Crippen molar-refractivity contribution in [3.63, 3.8) is 0 Å². The molecule has 0 saturated carbocycles. The standard InChI is InChI=1S/C19H16ClN5O3/c1-11-3-6-14(20)9-16(11)24-19-17(25(27)28)18(21-10-22-19)23-15-7-4-13(5-8-15)12(2)26/h3-10H,1-2H3,(H2,21,22,23,24). The summed E-state index contributed by atoms with van der Waals surface area (Å²) in [6.07, 6.45) is 1.22. The van der Waals surface area contributed by atoms with E-state index in [4.69, 9.17) is 11.6 Å².